The Bertz CT molecular complexity index is 382. The highest BCUT2D eigenvalue weighted by atomic mass is 32.3. The molecule has 0 fully saturated rings. The topological polar surface area (TPSA) is 63.3 Å². The van der Waals surface area contributed by atoms with Crippen LogP contribution < -0.4 is 5.73 Å². The van der Waals surface area contributed by atoms with Crippen LogP contribution in [0, 0.1) is 0 Å². The van der Waals surface area contributed by atoms with Gasteiger partial charge in [0.25, 0.3) is 10.2 Å². The van der Waals surface area contributed by atoms with Crippen molar-refractivity contribution in [2.45, 2.75) is 30.4 Å². The van der Waals surface area contributed by atoms with Crippen LogP contribution in [0.4, 0.5) is 5.69 Å². The van der Waals surface area contributed by atoms with Crippen molar-refractivity contribution >= 4 is 15.9 Å². The second-order valence-electron chi connectivity index (χ2n) is 4.21. The maximum absolute atomic E-state index is 12.1. The zero-order chi connectivity index (χ0) is 11.0. The molecule has 0 aliphatic heterocycles. The zero-order valence-corrected chi connectivity index (χ0v) is 9.47. The molecule has 0 spiro atoms. The summed E-state index contributed by atoms with van der Waals surface area (Å²) in [5, 5.41) is 0. The monoisotopic (exact) mass is 214 g/mol. The van der Waals surface area contributed by atoms with Crippen LogP contribution in [0.25, 0.3) is 0 Å². The third kappa shape index (κ3) is 1.96. The van der Waals surface area contributed by atoms with Gasteiger partial charge in [-0.2, -0.15) is 4.55 Å². The summed E-state index contributed by atoms with van der Waals surface area (Å²) in [7, 11) is -3.03. The molecule has 0 aliphatic carbocycles. The van der Waals surface area contributed by atoms with E-state index in [1.165, 1.54) is 0 Å². The smallest absolute Gasteiger partial charge is 0.252 e. The van der Waals surface area contributed by atoms with Crippen LogP contribution >= 0.6 is 0 Å². The Morgan fingerprint density at radius 1 is 1.36 bits per heavy atom. The highest BCUT2D eigenvalue weighted by Gasteiger charge is 2.43. The Labute approximate surface area is 85.6 Å². The molecule has 78 valence electrons. The van der Waals surface area contributed by atoms with Crippen molar-refractivity contribution in [1.82, 2.24) is 0 Å². The number of anilines is 1. The SMILES string of the molecule is CC(C)(C)[S+](=O)(O)c1cccc(N)c1. The van der Waals surface area contributed by atoms with Gasteiger partial charge in [-0.25, -0.2) is 0 Å². The van der Waals surface area contributed by atoms with Crippen molar-refractivity contribution < 1.29 is 8.76 Å². The molecule has 1 aromatic rings. The Kier molecular flexibility index (Phi) is 2.69. The Morgan fingerprint density at radius 3 is 2.36 bits per heavy atom. The number of hydrogen-bond acceptors (Lipinski definition) is 2. The van der Waals surface area contributed by atoms with Gasteiger partial charge < -0.3 is 5.73 Å². The van der Waals surface area contributed by atoms with Crippen LogP contribution in [0.5, 0.6) is 0 Å². The molecule has 0 radical (unpaired) electrons. The van der Waals surface area contributed by atoms with E-state index >= 15 is 0 Å². The first-order valence-corrected chi connectivity index (χ1v) is 5.88. The minimum atomic E-state index is -3.03. The molecule has 1 rings (SSSR count). The van der Waals surface area contributed by atoms with Crippen LogP contribution in [0.3, 0.4) is 0 Å². The summed E-state index contributed by atoms with van der Waals surface area (Å²) < 4.78 is 21.3. The lowest BCUT2D eigenvalue weighted by molar-refractivity contribution is 0.466. The predicted octanol–water partition coefficient (Wildman–Crippen LogP) is 2.40. The van der Waals surface area contributed by atoms with Crippen LogP contribution in [0.1, 0.15) is 20.8 Å². The molecule has 0 aliphatic rings. The van der Waals surface area contributed by atoms with Gasteiger partial charge in [-0.05, 0) is 32.9 Å². The lowest BCUT2D eigenvalue weighted by Gasteiger charge is -2.18. The summed E-state index contributed by atoms with van der Waals surface area (Å²) in [6.45, 7) is 5.20. The summed E-state index contributed by atoms with van der Waals surface area (Å²) in [6, 6.07) is 6.56. The number of nitrogen functional groups attached to an aromatic ring is 1. The van der Waals surface area contributed by atoms with Crippen molar-refractivity contribution in [3.05, 3.63) is 24.3 Å². The second-order valence-corrected chi connectivity index (χ2v) is 6.96. The molecule has 0 saturated heterocycles. The molecule has 0 heterocycles. The number of hydrogen-bond donors (Lipinski definition) is 2. The van der Waals surface area contributed by atoms with Crippen molar-refractivity contribution in [3.63, 3.8) is 0 Å². The molecule has 1 aromatic carbocycles. The van der Waals surface area contributed by atoms with Crippen molar-refractivity contribution in [2.24, 2.45) is 0 Å². The predicted molar refractivity (Wildman–Crippen MR) is 59.6 cm³/mol. The molecular weight excluding hydrogens is 198 g/mol. The summed E-state index contributed by atoms with van der Waals surface area (Å²) in [4.78, 5) is 0.394. The van der Waals surface area contributed by atoms with Gasteiger partial charge in [-0.3, -0.25) is 0 Å². The van der Waals surface area contributed by atoms with E-state index in [9.17, 15) is 8.76 Å². The Hall–Kier alpha value is -0.870. The van der Waals surface area contributed by atoms with Crippen molar-refractivity contribution in [1.29, 1.82) is 0 Å². The van der Waals surface area contributed by atoms with E-state index < -0.39 is 15.0 Å². The molecular formula is C10H16NO2S+. The molecule has 3 N–H and O–H groups in total. The van der Waals surface area contributed by atoms with E-state index in [1.807, 2.05) is 0 Å². The van der Waals surface area contributed by atoms with E-state index in [0.29, 0.717) is 10.6 Å². The van der Waals surface area contributed by atoms with Crippen LogP contribution in [-0.2, 0) is 14.4 Å². The van der Waals surface area contributed by atoms with E-state index in [-0.39, 0.29) is 0 Å². The molecule has 0 amide bonds. The average molecular weight is 214 g/mol. The molecule has 4 heteroatoms. The number of nitrogens with two attached hydrogens (primary N) is 1. The maximum Gasteiger partial charge on any atom is 0.252 e. The summed E-state index contributed by atoms with van der Waals surface area (Å²) in [5.41, 5.74) is 6.07. The van der Waals surface area contributed by atoms with Gasteiger partial charge in [0, 0.05) is 11.8 Å². The van der Waals surface area contributed by atoms with Gasteiger partial charge in [0.05, 0.1) is 0 Å². The lowest BCUT2D eigenvalue weighted by atomic mass is 10.3. The molecule has 3 nitrogen and oxygen atoms in total. The molecule has 0 saturated carbocycles. The minimum Gasteiger partial charge on any atom is -0.399 e. The van der Waals surface area contributed by atoms with Gasteiger partial charge in [-0.15, -0.1) is 0 Å². The van der Waals surface area contributed by atoms with Crippen LogP contribution in [-0.4, -0.2) is 9.30 Å². The average Bonchev–Trinajstić information content (AvgIpc) is 2.02. The third-order valence-corrected chi connectivity index (χ3v) is 4.56. The standard InChI is InChI=1S/C10H15NO2S/c1-10(2,3)14(12,13)9-6-4-5-8(11)7-9/h4-7H,11H2,1-3H3/p+1. The summed E-state index contributed by atoms with van der Waals surface area (Å²) >= 11 is 0. The summed E-state index contributed by atoms with van der Waals surface area (Å²) in [6.07, 6.45) is 0. The highest BCUT2D eigenvalue weighted by molar-refractivity contribution is 7.99. The largest absolute Gasteiger partial charge is 0.399 e. The quantitative estimate of drug-likeness (QED) is 0.557. The molecule has 0 bridgehead atoms. The molecule has 14 heavy (non-hydrogen) atoms. The first-order chi connectivity index (χ1) is 6.25. The third-order valence-electron chi connectivity index (χ3n) is 2.01. The Balaban J connectivity index is 3.24. The second kappa shape index (κ2) is 3.37. The fraction of sp³-hybridized carbons (Fsp3) is 0.400. The maximum atomic E-state index is 12.1. The van der Waals surface area contributed by atoms with Crippen molar-refractivity contribution in [3.8, 4) is 0 Å². The van der Waals surface area contributed by atoms with Gasteiger partial charge in [0.1, 0.15) is 0 Å². The van der Waals surface area contributed by atoms with Gasteiger partial charge >= 0.3 is 0 Å². The van der Waals surface area contributed by atoms with E-state index in [2.05, 4.69) is 0 Å². The van der Waals surface area contributed by atoms with Crippen molar-refractivity contribution in [2.75, 3.05) is 5.73 Å². The van der Waals surface area contributed by atoms with E-state index in [1.54, 1.807) is 45.0 Å². The molecule has 1 unspecified atom stereocenters. The number of rotatable bonds is 1. The highest BCUT2D eigenvalue weighted by Crippen LogP contribution is 2.30. The van der Waals surface area contributed by atoms with Gasteiger partial charge in [-0.1, -0.05) is 10.3 Å². The van der Waals surface area contributed by atoms with Gasteiger partial charge in [0.2, 0.25) is 0 Å². The fourth-order valence-electron chi connectivity index (χ4n) is 1.04. The van der Waals surface area contributed by atoms with Crippen LogP contribution in [0.2, 0.25) is 0 Å². The van der Waals surface area contributed by atoms with Crippen LogP contribution in [0.15, 0.2) is 29.2 Å². The lowest BCUT2D eigenvalue weighted by Crippen LogP contribution is -2.33. The Morgan fingerprint density at radius 2 is 1.93 bits per heavy atom. The van der Waals surface area contributed by atoms with Gasteiger partial charge in [0.15, 0.2) is 9.64 Å². The number of benzene rings is 1. The fourth-order valence-corrected chi connectivity index (χ4v) is 2.31. The first-order valence-electron chi connectivity index (χ1n) is 4.37. The summed E-state index contributed by atoms with van der Waals surface area (Å²) in [5.74, 6) is 0. The minimum absolute atomic E-state index is 0.394. The van der Waals surface area contributed by atoms with E-state index in [0.717, 1.165) is 0 Å². The molecule has 1 atom stereocenters. The molecule has 0 aromatic heterocycles. The normalized spacial score (nSPS) is 16.3. The first kappa shape index (κ1) is 11.2. The zero-order valence-electron chi connectivity index (χ0n) is 8.65. The van der Waals surface area contributed by atoms with E-state index in [4.69, 9.17) is 5.73 Å².